The first-order valence-electron chi connectivity index (χ1n) is 4.56. The number of hydrogen-bond acceptors (Lipinski definition) is 1. The molecule has 0 radical (unpaired) electrons. The lowest BCUT2D eigenvalue weighted by molar-refractivity contribution is 0.764. The molecule has 1 atom stereocenters. The molecule has 2 rings (SSSR count). The third-order valence-electron chi connectivity index (χ3n) is 2.17. The largest absolute Gasteiger partial charge is 0.384 e. The van der Waals surface area contributed by atoms with Gasteiger partial charge >= 0.3 is 0 Å². The van der Waals surface area contributed by atoms with Gasteiger partial charge in [0.15, 0.2) is 0 Å². The van der Waals surface area contributed by atoms with Crippen LogP contribution < -0.4 is 5.32 Å². The van der Waals surface area contributed by atoms with Gasteiger partial charge in [0.2, 0.25) is 0 Å². The van der Waals surface area contributed by atoms with Gasteiger partial charge in [-0.1, -0.05) is 42.5 Å². The summed E-state index contributed by atoms with van der Waals surface area (Å²) < 4.78 is 0. The molecule has 0 saturated heterocycles. The zero-order chi connectivity index (χ0) is 9.10. The minimum absolute atomic E-state index is 0.451. The van der Waals surface area contributed by atoms with Crippen LogP contribution in [0.3, 0.4) is 0 Å². The molecule has 13 heavy (non-hydrogen) atoms. The average molecular weight is 171 g/mol. The normalized spacial score (nSPS) is 20.7. The molecule has 0 fully saturated rings. The Bertz CT molecular complexity index is 335. The van der Waals surface area contributed by atoms with Crippen molar-refractivity contribution in [3.8, 4) is 0 Å². The average Bonchev–Trinajstić information content (AvgIpc) is 2.20. The molecule has 1 N–H and O–H groups in total. The summed E-state index contributed by atoms with van der Waals surface area (Å²) in [5, 5.41) is 3.28. The molecule has 1 aliphatic rings. The van der Waals surface area contributed by atoms with Gasteiger partial charge in [-0.15, -0.1) is 0 Å². The zero-order valence-electron chi connectivity index (χ0n) is 7.70. The molecule has 1 nitrogen and oxygen atoms in total. The summed E-state index contributed by atoms with van der Waals surface area (Å²) >= 11 is 0. The van der Waals surface area contributed by atoms with E-state index in [-0.39, 0.29) is 0 Å². The van der Waals surface area contributed by atoms with E-state index in [0.29, 0.717) is 6.04 Å². The van der Waals surface area contributed by atoms with Crippen LogP contribution in [0, 0.1) is 0 Å². The highest BCUT2D eigenvalue weighted by Crippen LogP contribution is 2.17. The topological polar surface area (TPSA) is 12.0 Å². The molecule has 0 aliphatic carbocycles. The zero-order valence-corrected chi connectivity index (χ0v) is 7.70. The van der Waals surface area contributed by atoms with Crippen LogP contribution in [0.1, 0.15) is 12.5 Å². The Kier molecular flexibility index (Phi) is 2.17. The lowest BCUT2D eigenvalue weighted by Crippen LogP contribution is -2.20. The van der Waals surface area contributed by atoms with Gasteiger partial charge in [-0.3, -0.25) is 0 Å². The summed E-state index contributed by atoms with van der Waals surface area (Å²) in [6, 6.07) is 10.8. The summed E-state index contributed by atoms with van der Waals surface area (Å²) in [5.74, 6) is 0. The van der Waals surface area contributed by atoms with Gasteiger partial charge in [0, 0.05) is 12.2 Å². The van der Waals surface area contributed by atoms with E-state index in [1.807, 2.05) is 6.07 Å². The molecule has 1 unspecified atom stereocenters. The van der Waals surface area contributed by atoms with Crippen molar-refractivity contribution in [3.05, 3.63) is 54.2 Å². The highest BCUT2D eigenvalue weighted by molar-refractivity contribution is 5.74. The van der Waals surface area contributed by atoms with Gasteiger partial charge in [0.25, 0.3) is 0 Å². The van der Waals surface area contributed by atoms with E-state index in [4.69, 9.17) is 0 Å². The molecular weight excluding hydrogens is 158 g/mol. The van der Waals surface area contributed by atoms with Crippen molar-refractivity contribution in [2.75, 3.05) is 0 Å². The molecular formula is C12H13N. The quantitative estimate of drug-likeness (QED) is 0.684. The first kappa shape index (κ1) is 8.11. The molecule has 0 bridgehead atoms. The molecule has 1 aromatic rings. The Balaban J connectivity index is 2.25. The summed E-state index contributed by atoms with van der Waals surface area (Å²) in [4.78, 5) is 0. The van der Waals surface area contributed by atoms with Crippen molar-refractivity contribution in [1.29, 1.82) is 0 Å². The van der Waals surface area contributed by atoms with E-state index >= 15 is 0 Å². The maximum atomic E-state index is 3.28. The van der Waals surface area contributed by atoms with Crippen molar-refractivity contribution in [2.45, 2.75) is 13.0 Å². The molecule has 0 amide bonds. The highest BCUT2D eigenvalue weighted by Gasteiger charge is 2.02. The Labute approximate surface area is 78.8 Å². The van der Waals surface area contributed by atoms with Crippen molar-refractivity contribution in [2.24, 2.45) is 0 Å². The molecule has 0 aromatic heterocycles. The van der Waals surface area contributed by atoms with Crippen LogP contribution in [0.2, 0.25) is 0 Å². The third-order valence-corrected chi connectivity index (χ3v) is 2.17. The number of dihydropyridines is 1. The molecule has 1 aliphatic heterocycles. The first-order valence-corrected chi connectivity index (χ1v) is 4.56. The summed E-state index contributed by atoms with van der Waals surface area (Å²) in [6.07, 6.45) is 6.40. The lowest BCUT2D eigenvalue weighted by atomic mass is 10.0. The number of benzene rings is 1. The minimum atomic E-state index is 0.451. The minimum Gasteiger partial charge on any atom is -0.384 e. The maximum absolute atomic E-state index is 3.28. The predicted octanol–water partition coefficient (Wildman–Crippen LogP) is 2.58. The fraction of sp³-hybridized carbons (Fsp3) is 0.167. The van der Waals surface area contributed by atoms with Crippen LogP contribution in [0.15, 0.2) is 48.7 Å². The van der Waals surface area contributed by atoms with Crippen LogP contribution in [0.5, 0.6) is 0 Å². The van der Waals surface area contributed by atoms with Gasteiger partial charge in [-0.2, -0.15) is 0 Å². The molecule has 1 heteroatoms. The molecule has 1 heterocycles. The van der Waals surface area contributed by atoms with Crippen molar-refractivity contribution >= 4 is 5.57 Å². The van der Waals surface area contributed by atoms with E-state index in [0.717, 1.165) is 0 Å². The highest BCUT2D eigenvalue weighted by atomic mass is 14.9. The number of hydrogen-bond donors (Lipinski definition) is 1. The van der Waals surface area contributed by atoms with Gasteiger partial charge in [-0.25, -0.2) is 0 Å². The van der Waals surface area contributed by atoms with E-state index in [1.165, 1.54) is 11.1 Å². The summed E-state index contributed by atoms with van der Waals surface area (Å²) in [5.41, 5.74) is 2.51. The summed E-state index contributed by atoms with van der Waals surface area (Å²) in [6.45, 7) is 2.13. The SMILES string of the molecule is CC1C=CC(c2ccccc2)=CN1. The monoisotopic (exact) mass is 171 g/mol. The Morgan fingerprint density at radius 1 is 1.15 bits per heavy atom. The van der Waals surface area contributed by atoms with Crippen LogP contribution in [0.25, 0.3) is 5.57 Å². The van der Waals surface area contributed by atoms with Crippen LogP contribution in [-0.4, -0.2) is 6.04 Å². The van der Waals surface area contributed by atoms with Crippen molar-refractivity contribution < 1.29 is 0 Å². The van der Waals surface area contributed by atoms with Gasteiger partial charge in [-0.05, 0) is 18.1 Å². The third kappa shape index (κ3) is 1.81. The number of allylic oxidation sites excluding steroid dienone is 2. The Morgan fingerprint density at radius 2 is 1.92 bits per heavy atom. The molecule has 0 spiro atoms. The van der Waals surface area contributed by atoms with Gasteiger partial charge in [0.1, 0.15) is 0 Å². The van der Waals surface area contributed by atoms with E-state index in [2.05, 4.69) is 54.9 Å². The molecule has 66 valence electrons. The second kappa shape index (κ2) is 3.48. The first-order chi connectivity index (χ1) is 6.36. The Hall–Kier alpha value is -1.50. The fourth-order valence-electron chi connectivity index (χ4n) is 1.38. The molecule has 1 aromatic carbocycles. The fourth-order valence-corrected chi connectivity index (χ4v) is 1.38. The van der Waals surface area contributed by atoms with E-state index in [9.17, 15) is 0 Å². The van der Waals surface area contributed by atoms with Crippen molar-refractivity contribution in [3.63, 3.8) is 0 Å². The van der Waals surface area contributed by atoms with E-state index in [1.54, 1.807) is 0 Å². The van der Waals surface area contributed by atoms with Gasteiger partial charge in [0.05, 0.1) is 0 Å². The number of nitrogens with one attached hydrogen (secondary N) is 1. The smallest absolute Gasteiger partial charge is 0.0414 e. The predicted molar refractivity (Wildman–Crippen MR) is 56.2 cm³/mol. The van der Waals surface area contributed by atoms with Gasteiger partial charge < -0.3 is 5.32 Å². The summed E-state index contributed by atoms with van der Waals surface area (Å²) in [7, 11) is 0. The Morgan fingerprint density at radius 3 is 2.54 bits per heavy atom. The second-order valence-electron chi connectivity index (χ2n) is 3.28. The van der Waals surface area contributed by atoms with Crippen LogP contribution in [-0.2, 0) is 0 Å². The lowest BCUT2D eigenvalue weighted by Gasteiger charge is -2.14. The maximum Gasteiger partial charge on any atom is 0.0414 e. The van der Waals surface area contributed by atoms with Crippen LogP contribution >= 0.6 is 0 Å². The van der Waals surface area contributed by atoms with Crippen LogP contribution in [0.4, 0.5) is 0 Å². The number of rotatable bonds is 1. The standard InChI is InChI=1S/C12H13N/c1-10-7-8-12(9-13-10)11-5-3-2-4-6-11/h2-10,13H,1H3. The second-order valence-corrected chi connectivity index (χ2v) is 3.28. The van der Waals surface area contributed by atoms with E-state index < -0.39 is 0 Å². The molecule has 0 saturated carbocycles. The van der Waals surface area contributed by atoms with Crippen molar-refractivity contribution in [1.82, 2.24) is 5.32 Å².